The molecule has 1 fully saturated rings. The summed E-state index contributed by atoms with van der Waals surface area (Å²) in [4.78, 5) is 21.2. The van der Waals surface area contributed by atoms with E-state index in [1.807, 2.05) is 0 Å². The van der Waals surface area contributed by atoms with Crippen molar-refractivity contribution in [2.45, 2.75) is 43.9 Å². The van der Waals surface area contributed by atoms with Gasteiger partial charge in [-0.2, -0.15) is 0 Å². The Hall–Kier alpha value is -3.57. The van der Waals surface area contributed by atoms with Gasteiger partial charge < -0.3 is 14.6 Å². The molecule has 1 amide bonds. The summed E-state index contributed by atoms with van der Waals surface area (Å²) < 4.78 is 76.2. The lowest BCUT2D eigenvalue weighted by atomic mass is 9.83. The van der Waals surface area contributed by atoms with Crippen LogP contribution >= 0.6 is 0 Å². The molecular weight excluding hydrogens is 463 g/mol. The molecule has 34 heavy (non-hydrogen) atoms. The number of halogens is 5. The van der Waals surface area contributed by atoms with Crippen LogP contribution in [0, 0.1) is 5.82 Å². The predicted molar refractivity (Wildman–Crippen MR) is 110 cm³/mol. The first kappa shape index (κ1) is 23.6. The first-order valence-corrected chi connectivity index (χ1v) is 10.4. The van der Waals surface area contributed by atoms with Crippen LogP contribution in [0.1, 0.15) is 47.8 Å². The van der Waals surface area contributed by atoms with Crippen LogP contribution in [0.15, 0.2) is 41.2 Å². The van der Waals surface area contributed by atoms with E-state index in [4.69, 9.17) is 9.26 Å². The van der Waals surface area contributed by atoms with Crippen LogP contribution < -0.4 is 10.1 Å². The molecule has 1 aliphatic carbocycles. The number of aromatic nitrogens is 3. The summed E-state index contributed by atoms with van der Waals surface area (Å²) >= 11 is 0. The van der Waals surface area contributed by atoms with Gasteiger partial charge in [0.05, 0.1) is 17.4 Å². The smallest absolute Gasteiger partial charge is 0.294 e. The second-order valence-corrected chi connectivity index (χ2v) is 7.77. The second kappa shape index (κ2) is 9.74. The van der Waals surface area contributed by atoms with Gasteiger partial charge in [0.15, 0.2) is 6.61 Å². The topological polar surface area (TPSA) is 90.1 Å². The quantitative estimate of drug-likeness (QED) is 0.450. The normalized spacial score (nSPS) is 15.9. The Morgan fingerprint density at radius 3 is 2.68 bits per heavy atom. The Morgan fingerprint density at radius 2 is 1.97 bits per heavy atom. The number of hydrogen-bond acceptors (Lipinski definition) is 6. The van der Waals surface area contributed by atoms with Gasteiger partial charge in [-0.1, -0.05) is 0 Å². The van der Waals surface area contributed by atoms with E-state index in [9.17, 15) is 26.7 Å². The molecule has 0 aliphatic heterocycles. The average molecular weight is 482 g/mol. The molecule has 1 saturated carbocycles. The van der Waals surface area contributed by atoms with Crippen molar-refractivity contribution in [3.63, 3.8) is 0 Å². The minimum Gasteiger partial charge on any atom is -0.469 e. The highest BCUT2D eigenvalue weighted by molar-refractivity contribution is 6.05. The fourth-order valence-corrected chi connectivity index (χ4v) is 3.77. The Morgan fingerprint density at radius 1 is 1.21 bits per heavy atom. The number of pyridine rings is 2. The van der Waals surface area contributed by atoms with Crippen molar-refractivity contribution in [1.82, 2.24) is 15.1 Å². The maximum atomic E-state index is 14.5. The third kappa shape index (κ3) is 5.32. The van der Waals surface area contributed by atoms with Crippen LogP contribution in [0.4, 0.5) is 27.6 Å². The van der Waals surface area contributed by atoms with Crippen molar-refractivity contribution in [3.05, 3.63) is 53.9 Å². The third-order valence-corrected chi connectivity index (χ3v) is 5.41. The number of ether oxygens (including phenoxy) is 1. The van der Waals surface area contributed by atoms with Crippen molar-refractivity contribution in [3.8, 4) is 17.1 Å². The number of rotatable bonds is 7. The molecular formula is C22H19F5N4O3. The zero-order chi connectivity index (χ0) is 24.3. The van der Waals surface area contributed by atoms with E-state index in [0.29, 0.717) is 5.69 Å². The zero-order valence-electron chi connectivity index (χ0n) is 17.6. The number of nitrogens with one attached hydrogen (secondary N) is 1. The van der Waals surface area contributed by atoms with E-state index < -0.39 is 36.6 Å². The SMILES string of the molecule is O=C(Nc1c(-c2ncccc2F)ccnc1C1CCC(F)(F)CC1)c1cc(OCC(F)F)no1. The standard InChI is InChI=1S/C22H19F5N4O3/c23-14-2-1-8-28-19(14)13-5-9-29-18(12-3-6-22(26,27)7-4-12)20(13)30-21(32)15-10-17(31-34-15)33-11-16(24)25/h1-2,5,8-10,12,16H,3-4,6-7,11H2,(H,30,32). The van der Waals surface area contributed by atoms with Gasteiger partial charge in [0.1, 0.15) is 11.5 Å². The van der Waals surface area contributed by atoms with Crippen molar-refractivity contribution in [2.75, 3.05) is 11.9 Å². The molecule has 12 heteroatoms. The molecule has 1 aliphatic rings. The van der Waals surface area contributed by atoms with E-state index in [2.05, 4.69) is 20.4 Å². The van der Waals surface area contributed by atoms with Crippen LogP contribution in [0.3, 0.4) is 0 Å². The summed E-state index contributed by atoms with van der Waals surface area (Å²) in [7, 11) is 0. The molecule has 0 atom stereocenters. The molecule has 0 bridgehead atoms. The summed E-state index contributed by atoms with van der Waals surface area (Å²) in [5, 5.41) is 6.00. The molecule has 4 rings (SSSR count). The summed E-state index contributed by atoms with van der Waals surface area (Å²) in [5.74, 6) is -5.37. The van der Waals surface area contributed by atoms with Gasteiger partial charge in [-0.3, -0.25) is 14.8 Å². The van der Waals surface area contributed by atoms with Gasteiger partial charge in [0.25, 0.3) is 18.2 Å². The molecule has 0 aromatic carbocycles. The lowest BCUT2D eigenvalue weighted by Crippen LogP contribution is -2.25. The molecule has 0 spiro atoms. The Kier molecular flexibility index (Phi) is 6.75. The Balaban J connectivity index is 1.68. The van der Waals surface area contributed by atoms with E-state index in [0.717, 1.165) is 6.07 Å². The van der Waals surface area contributed by atoms with Crippen LogP contribution in [0.25, 0.3) is 11.3 Å². The lowest BCUT2D eigenvalue weighted by Gasteiger charge is -2.29. The van der Waals surface area contributed by atoms with Gasteiger partial charge in [-0.05, 0) is 36.2 Å². The van der Waals surface area contributed by atoms with Gasteiger partial charge in [-0.25, -0.2) is 22.0 Å². The largest absolute Gasteiger partial charge is 0.469 e. The predicted octanol–water partition coefficient (Wildman–Crippen LogP) is 5.46. The van der Waals surface area contributed by atoms with Crippen molar-refractivity contribution in [2.24, 2.45) is 0 Å². The lowest BCUT2D eigenvalue weighted by molar-refractivity contribution is -0.0384. The van der Waals surface area contributed by atoms with Crippen molar-refractivity contribution in [1.29, 1.82) is 0 Å². The number of nitrogens with zero attached hydrogens (tertiary/aromatic N) is 3. The minimum atomic E-state index is -2.78. The number of anilines is 1. The zero-order valence-corrected chi connectivity index (χ0v) is 17.6. The molecule has 7 nitrogen and oxygen atoms in total. The minimum absolute atomic E-state index is 0.0684. The van der Waals surface area contributed by atoms with E-state index in [-0.39, 0.29) is 54.3 Å². The molecule has 1 N–H and O–H groups in total. The highest BCUT2D eigenvalue weighted by Gasteiger charge is 2.37. The average Bonchev–Trinajstić information content (AvgIpc) is 3.28. The number of amides is 1. The van der Waals surface area contributed by atoms with Gasteiger partial charge in [-0.15, -0.1) is 0 Å². The summed E-state index contributed by atoms with van der Waals surface area (Å²) in [5.41, 5.74) is 0.524. The highest BCUT2D eigenvalue weighted by Crippen LogP contribution is 2.44. The van der Waals surface area contributed by atoms with Crippen LogP contribution in [0.2, 0.25) is 0 Å². The monoisotopic (exact) mass is 482 g/mol. The first-order chi connectivity index (χ1) is 16.2. The summed E-state index contributed by atoms with van der Waals surface area (Å²) in [6, 6.07) is 5.06. The highest BCUT2D eigenvalue weighted by atomic mass is 19.3. The summed E-state index contributed by atoms with van der Waals surface area (Å²) in [6.45, 7) is -0.935. The van der Waals surface area contributed by atoms with Crippen LogP contribution in [-0.4, -0.2) is 40.0 Å². The van der Waals surface area contributed by atoms with E-state index >= 15 is 0 Å². The molecule has 3 aromatic heterocycles. The third-order valence-electron chi connectivity index (χ3n) is 5.41. The molecule has 3 heterocycles. The van der Waals surface area contributed by atoms with E-state index in [1.165, 1.54) is 30.6 Å². The molecule has 0 unspecified atom stereocenters. The molecule has 180 valence electrons. The Labute approximate surface area is 190 Å². The van der Waals surface area contributed by atoms with E-state index in [1.54, 1.807) is 0 Å². The van der Waals surface area contributed by atoms with Crippen LogP contribution in [0.5, 0.6) is 5.88 Å². The number of carbonyl (C=O) groups excluding carboxylic acids is 1. The second-order valence-electron chi connectivity index (χ2n) is 7.77. The molecule has 3 aromatic rings. The number of hydrogen-bond donors (Lipinski definition) is 1. The fraction of sp³-hybridized carbons (Fsp3) is 0.364. The number of carbonyl (C=O) groups is 1. The van der Waals surface area contributed by atoms with Gasteiger partial charge in [0, 0.05) is 36.7 Å². The summed E-state index contributed by atoms with van der Waals surface area (Å²) in [6.07, 6.45) is -0.439. The van der Waals surface area contributed by atoms with Gasteiger partial charge in [0.2, 0.25) is 11.7 Å². The Bertz CT molecular complexity index is 1160. The van der Waals surface area contributed by atoms with Crippen LogP contribution in [-0.2, 0) is 0 Å². The van der Waals surface area contributed by atoms with Crippen molar-refractivity contribution >= 4 is 11.6 Å². The maximum Gasteiger partial charge on any atom is 0.294 e. The molecule has 0 radical (unpaired) electrons. The fourth-order valence-electron chi connectivity index (χ4n) is 3.77. The number of alkyl halides is 4. The maximum absolute atomic E-state index is 14.5. The first-order valence-electron chi connectivity index (χ1n) is 10.4. The van der Waals surface area contributed by atoms with Gasteiger partial charge >= 0.3 is 0 Å². The molecule has 0 saturated heterocycles. The van der Waals surface area contributed by atoms with Crippen molar-refractivity contribution < 1.29 is 36.0 Å².